The summed E-state index contributed by atoms with van der Waals surface area (Å²) in [7, 11) is -2.95. The molecule has 0 saturated heterocycles. The van der Waals surface area contributed by atoms with Crippen LogP contribution in [0.5, 0.6) is 0 Å². The van der Waals surface area contributed by atoms with E-state index in [-0.39, 0.29) is 11.8 Å². The largest absolute Gasteiger partial charge is 0.399 e. The number of hydrogen-bond acceptors (Lipinski definition) is 4. The van der Waals surface area contributed by atoms with E-state index in [9.17, 15) is 8.42 Å². The number of rotatable bonds is 4. The Morgan fingerprint density at radius 3 is 2.56 bits per heavy atom. The monoisotopic (exact) mass is 242 g/mol. The minimum Gasteiger partial charge on any atom is -0.399 e. The van der Waals surface area contributed by atoms with E-state index in [1.54, 1.807) is 6.07 Å². The van der Waals surface area contributed by atoms with Crippen molar-refractivity contribution in [2.24, 2.45) is 0 Å². The summed E-state index contributed by atoms with van der Waals surface area (Å²) in [6.45, 7) is 3.78. The Balaban J connectivity index is 2.73. The second kappa shape index (κ2) is 4.74. The van der Waals surface area contributed by atoms with Gasteiger partial charge in [0, 0.05) is 23.7 Å². The molecule has 0 radical (unpaired) electrons. The highest BCUT2D eigenvalue weighted by atomic mass is 32.2. The molecule has 0 heterocycles. The fraction of sp³-hybridized carbons (Fsp3) is 0.455. The molecule has 0 aliphatic heterocycles. The van der Waals surface area contributed by atoms with Gasteiger partial charge in [-0.1, -0.05) is 0 Å². The van der Waals surface area contributed by atoms with Crippen molar-refractivity contribution < 1.29 is 8.42 Å². The van der Waals surface area contributed by atoms with E-state index in [1.807, 2.05) is 26.0 Å². The van der Waals surface area contributed by atoms with Crippen LogP contribution in [0.2, 0.25) is 0 Å². The number of nitrogens with one attached hydrogen (secondary N) is 1. The van der Waals surface area contributed by atoms with Crippen molar-refractivity contribution in [1.82, 2.24) is 0 Å². The Morgan fingerprint density at radius 2 is 2.06 bits per heavy atom. The second-order valence-electron chi connectivity index (χ2n) is 4.21. The summed E-state index contributed by atoms with van der Waals surface area (Å²) in [4.78, 5) is 0. The normalized spacial score (nSPS) is 13.4. The molecular formula is C11H18N2O2S. The van der Waals surface area contributed by atoms with Crippen LogP contribution in [-0.2, 0) is 9.84 Å². The molecule has 0 fully saturated rings. The van der Waals surface area contributed by atoms with E-state index in [1.165, 1.54) is 6.26 Å². The van der Waals surface area contributed by atoms with E-state index in [4.69, 9.17) is 5.73 Å². The minimum atomic E-state index is -2.95. The fourth-order valence-corrected chi connectivity index (χ4v) is 2.60. The van der Waals surface area contributed by atoms with Gasteiger partial charge in [0.05, 0.1) is 5.75 Å². The molecule has 1 rings (SSSR count). The Hall–Kier alpha value is -1.23. The number of nitrogens with two attached hydrogens (primary N) is 1. The molecule has 5 heteroatoms. The highest BCUT2D eigenvalue weighted by molar-refractivity contribution is 7.90. The fourth-order valence-electron chi connectivity index (χ4n) is 1.61. The minimum absolute atomic E-state index is 0.114. The molecule has 90 valence electrons. The molecule has 0 saturated carbocycles. The van der Waals surface area contributed by atoms with Gasteiger partial charge in [-0.05, 0) is 37.6 Å². The third kappa shape index (κ3) is 4.10. The van der Waals surface area contributed by atoms with Gasteiger partial charge in [0.15, 0.2) is 0 Å². The number of sulfone groups is 1. The Morgan fingerprint density at radius 1 is 1.44 bits per heavy atom. The van der Waals surface area contributed by atoms with Gasteiger partial charge < -0.3 is 11.1 Å². The number of hydrogen-bond donors (Lipinski definition) is 2. The molecule has 0 aliphatic carbocycles. The summed E-state index contributed by atoms with van der Waals surface area (Å²) in [5, 5.41) is 3.16. The van der Waals surface area contributed by atoms with E-state index >= 15 is 0 Å². The summed E-state index contributed by atoms with van der Waals surface area (Å²) in [6, 6.07) is 5.40. The van der Waals surface area contributed by atoms with Crippen LogP contribution in [0.3, 0.4) is 0 Å². The zero-order valence-electron chi connectivity index (χ0n) is 9.82. The average molecular weight is 242 g/mol. The highest BCUT2D eigenvalue weighted by Gasteiger charge is 2.10. The highest BCUT2D eigenvalue weighted by Crippen LogP contribution is 2.18. The lowest BCUT2D eigenvalue weighted by Gasteiger charge is -2.16. The van der Waals surface area contributed by atoms with Crippen LogP contribution in [0.4, 0.5) is 11.4 Å². The van der Waals surface area contributed by atoms with Crippen LogP contribution in [0, 0.1) is 6.92 Å². The van der Waals surface area contributed by atoms with Crippen LogP contribution < -0.4 is 11.1 Å². The summed E-state index contributed by atoms with van der Waals surface area (Å²) in [5.41, 5.74) is 8.28. The molecule has 0 spiro atoms. The molecule has 16 heavy (non-hydrogen) atoms. The van der Waals surface area contributed by atoms with Gasteiger partial charge >= 0.3 is 0 Å². The molecule has 4 nitrogen and oxygen atoms in total. The number of nitrogen functional groups attached to an aromatic ring is 1. The zero-order chi connectivity index (χ0) is 12.3. The van der Waals surface area contributed by atoms with Crippen molar-refractivity contribution in [2.75, 3.05) is 23.1 Å². The van der Waals surface area contributed by atoms with Gasteiger partial charge in [0.25, 0.3) is 0 Å². The third-order valence-corrected chi connectivity index (χ3v) is 3.31. The van der Waals surface area contributed by atoms with Crippen molar-refractivity contribution in [3.8, 4) is 0 Å². The van der Waals surface area contributed by atoms with E-state index in [2.05, 4.69) is 5.32 Å². The molecule has 0 aliphatic rings. The number of anilines is 2. The lowest BCUT2D eigenvalue weighted by molar-refractivity contribution is 0.598. The molecule has 0 amide bonds. The van der Waals surface area contributed by atoms with E-state index in [0.29, 0.717) is 5.69 Å². The molecule has 1 aromatic rings. The lowest BCUT2D eigenvalue weighted by atomic mass is 10.1. The average Bonchev–Trinajstić information content (AvgIpc) is 2.06. The summed E-state index contributed by atoms with van der Waals surface area (Å²) in [5.74, 6) is 0.122. The first-order chi connectivity index (χ1) is 7.28. The molecule has 0 bridgehead atoms. The molecule has 3 N–H and O–H groups in total. The van der Waals surface area contributed by atoms with Crippen molar-refractivity contribution in [1.29, 1.82) is 0 Å². The van der Waals surface area contributed by atoms with Gasteiger partial charge in [-0.25, -0.2) is 8.42 Å². The van der Waals surface area contributed by atoms with Gasteiger partial charge in [0.2, 0.25) is 0 Å². The van der Waals surface area contributed by atoms with Crippen molar-refractivity contribution in [3.63, 3.8) is 0 Å². The Bertz CT molecular complexity index is 469. The van der Waals surface area contributed by atoms with Gasteiger partial charge in [0.1, 0.15) is 9.84 Å². The summed E-state index contributed by atoms with van der Waals surface area (Å²) < 4.78 is 22.2. The third-order valence-electron chi connectivity index (χ3n) is 2.21. The van der Waals surface area contributed by atoms with Crippen LogP contribution >= 0.6 is 0 Å². The predicted octanol–water partition coefficient (Wildman–Crippen LogP) is 1.42. The van der Waals surface area contributed by atoms with Crippen molar-refractivity contribution in [2.45, 2.75) is 19.9 Å². The van der Waals surface area contributed by atoms with Crippen LogP contribution in [0.15, 0.2) is 18.2 Å². The number of benzene rings is 1. The Kier molecular flexibility index (Phi) is 3.80. The SMILES string of the molecule is Cc1cc(N)ccc1NC(C)CS(C)(=O)=O. The van der Waals surface area contributed by atoms with Gasteiger partial charge in [-0.3, -0.25) is 0 Å². The smallest absolute Gasteiger partial charge is 0.149 e. The number of aryl methyl sites for hydroxylation is 1. The molecule has 0 aromatic heterocycles. The first-order valence-corrected chi connectivity index (χ1v) is 7.14. The quantitative estimate of drug-likeness (QED) is 0.783. The van der Waals surface area contributed by atoms with E-state index in [0.717, 1.165) is 11.3 Å². The van der Waals surface area contributed by atoms with Gasteiger partial charge in [-0.15, -0.1) is 0 Å². The molecule has 1 atom stereocenters. The maximum atomic E-state index is 11.1. The summed E-state index contributed by atoms with van der Waals surface area (Å²) in [6.07, 6.45) is 1.24. The maximum Gasteiger partial charge on any atom is 0.149 e. The Labute approximate surface area is 96.8 Å². The molecular weight excluding hydrogens is 224 g/mol. The first kappa shape index (κ1) is 12.8. The standard InChI is InChI=1S/C11H18N2O2S/c1-8-6-10(12)4-5-11(8)13-9(2)7-16(3,14)15/h4-6,9,13H,7,12H2,1-3H3. The second-order valence-corrected chi connectivity index (χ2v) is 6.40. The van der Waals surface area contributed by atoms with Crippen LogP contribution in [-0.4, -0.2) is 26.5 Å². The van der Waals surface area contributed by atoms with Gasteiger partial charge in [-0.2, -0.15) is 0 Å². The molecule has 1 unspecified atom stereocenters. The van der Waals surface area contributed by atoms with Crippen LogP contribution in [0.25, 0.3) is 0 Å². The maximum absolute atomic E-state index is 11.1. The first-order valence-electron chi connectivity index (χ1n) is 5.08. The summed E-state index contributed by atoms with van der Waals surface area (Å²) >= 11 is 0. The van der Waals surface area contributed by atoms with Crippen molar-refractivity contribution in [3.05, 3.63) is 23.8 Å². The van der Waals surface area contributed by atoms with Crippen molar-refractivity contribution >= 4 is 21.2 Å². The predicted molar refractivity (Wildman–Crippen MR) is 68.4 cm³/mol. The molecule has 1 aromatic carbocycles. The van der Waals surface area contributed by atoms with E-state index < -0.39 is 9.84 Å². The topological polar surface area (TPSA) is 72.2 Å². The lowest BCUT2D eigenvalue weighted by Crippen LogP contribution is -2.25. The van der Waals surface area contributed by atoms with Crippen LogP contribution in [0.1, 0.15) is 12.5 Å². The zero-order valence-corrected chi connectivity index (χ0v) is 10.6.